The molecule has 156 valence electrons. The summed E-state index contributed by atoms with van der Waals surface area (Å²) in [6.07, 6.45) is -4.27. The Kier molecular flexibility index (Phi) is 4.67. The second-order valence-electron chi connectivity index (χ2n) is 6.35. The van der Waals surface area contributed by atoms with Crippen LogP contribution >= 0.6 is 15.6 Å². The van der Waals surface area contributed by atoms with Crippen LogP contribution in [-0.2, 0) is 22.7 Å². The molecular formula is C11H17N5O10P2. The Balaban J connectivity index is 1.47. The van der Waals surface area contributed by atoms with Gasteiger partial charge >= 0.3 is 15.6 Å². The molecule has 7 N–H and O–H groups in total. The lowest BCUT2D eigenvalue weighted by molar-refractivity contribution is -0.0222. The van der Waals surface area contributed by atoms with E-state index in [1.54, 1.807) is 4.90 Å². The quantitative estimate of drug-likeness (QED) is 0.202. The van der Waals surface area contributed by atoms with Gasteiger partial charge in [0.25, 0.3) is 0 Å². The topological polar surface area (TPSA) is 221 Å². The molecule has 0 saturated carbocycles. The highest BCUT2D eigenvalue weighted by Crippen LogP contribution is 2.58. The molecule has 2 saturated heterocycles. The summed E-state index contributed by atoms with van der Waals surface area (Å²) in [5, 5.41) is 20.6. The number of anilines is 3. The molecule has 4 rings (SSSR count). The van der Waals surface area contributed by atoms with E-state index in [1.165, 1.54) is 6.33 Å². The molecule has 0 bridgehead atoms. The fourth-order valence-corrected chi connectivity index (χ4v) is 4.91. The number of rotatable bonds is 6. The summed E-state index contributed by atoms with van der Waals surface area (Å²) in [6.45, 7) is -0.195. The van der Waals surface area contributed by atoms with Gasteiger partial charge in [0.2, 0.25) is 0 Å². The third-order valence-corrected chi connectivity index (χ3v) is 6.64. The van der Waals surface area contributed by atoms with Gasteiger partial charge < -0.3 is 45.2 Å². The van der Waals surface area contributed by atoms with Crippen LogP contribution in [0.5, 0.6) is 0 Å². The van der Waals surface area contributed by atoms with E-state index in [9.17, 15) is 24.2 Å². The molecule has 0 aliphatic carbocycles. The maximum Gasteiger partial charge on any atom is 0.481 e. The van der Waals surface area contributed by atoms with E-state index in [2.05, 4.69) is 18.8 Å². The number of fused-ring (bicyclic) bond motifs is 3. The van der Waals surface area contributed by atoms with Crippen molar-refractivity contribution in [3.63, 3.8) is 0 Å². The number of aromatic nitrogens is 2. The zero-order chi connectivity index (χ0) is 20.4. The van der Waals surface area contributed by atoms with Crippen LogP contribution in [0.1, 0.15) is 0 Å². The summed E-state index contributed by atoms with van der Waals surface area (Å²) in [4.78, 5) is 38.0. The summed E-state index contributed by atoms with van der Waals surface area (Å²) in [5.41, 5.74) is 6.43. The first-order chi connectivity index (χ1) is 13.0. The van der Waals surface area contributed by atoms with Crippen molar-refractivity contribution in [2.45, 2.75) is 30.7 Å². The predicted molar refractivity (Wildman–Crippen MR) is 89.6 cm³/mol. The van der Waals surface area contributed by atoms with Crippen molar-refractivity contribution in [2.75, 3.05) is 28.7 Å². The molecule has 17 heteroatoms. The lowest BCUT2D eigenvalue weighted by Gasteiger charge is -2.28. The van der Waals surface area contributed by atoms with Crippen LogP contribution in [0.15, 0.2) is 6.33 Å². The Morgan fingerprint density at radius 2 is 1.96 bits per heavy atom. The molecule has 15 nitrogen and oxygen atoms in total. The first-order valence-electron chi connectivity index (χ1n) is 7.90. The van der Waals surface area contributed by atoms with Crippen LogP contribution in [-0.4, -0.2) is 78.7 Å². The van der Waals surface area contributed by atoms with Gasteiger partial charge in [0.15, 0.2) is 17.9 Å². The van der Waals surface area contributed by atoms with Crippen LogP contribution in [0.4, 0.5) is 17.3 Å². The number of aliphatic hydroxyl groups excluding tert-OH is 2. The molecule has 0 radical (unpaired) electrons. The summed E-state index contributed by atoms with van der Waals surface area (Å²) < 4.78 is 35.9. The maximum absolute atomic E-state index is 11.5. The molecule has 3 aliphatic rings. The number of aliphatic hydroxyl groups is 2. The number of nitrogen functional groups attached to an aromatic ring is 1. The van der Waals surface area contributed by atoms with Gasteiger partial charge in [-0.05, 0) is 0 Å². The van der Waals surface area contributed by atoms with E-state index in [1.807, 2.05) is 4.90 Å². The minimum Gasteiger partial charge on any atom is -0.387 e. The highest BCUT2D eigenvalue weighted by Gasteiger charge is 2.58. The van der Waals surface area contributed by atoms with E-state index in [0.29, 0.717) is 18.1 Å². The second kappa shape index (κ2) is 6.57. The van der Waals surface area contributed by atoms with Gasteiger partial charge in [-0.15, -0.1) is 0 Å². The van der Waals surface area contributed by atoms with E-state index in [0.717, 1.165) is 0 Å². The van der Waals surface area contributed by atoms with Crippen LogP contribution < -0.4 is 15.5 Å². The number of hydrogen-bond acceptors (Lipinski definition) is 12. The van der Waals surface area contributed by atoms with Gasteiger partial charge in [-0.2, -0.15) is 4.31 Å². The molecule has 2 fully saturated rings. The summed E-state index contributed by atoms with van der Waals surface area (Å²) >= 11 is 0. The van der Waals surface area contributed by atoms with Crippen LogP contribution in [0, 0.1) is 0 Å². The summed E-state index contributed by atoms with van der Waals surface area (Å²) in [6, 6.07) is 0. The standard InChI is InChI=1S/C11H17N5O10P2/c12-9-6-10(14-3-13-9)16(5-1-15(5)6)11-8(18)7(17)4(25-11)2-24-28(22,23)26-27(19,20)21/h3-5,7-8,11,17-18H,1-2H2,(H,22,23)(H2,12,13,14)(H2,19,20,21)/t4-,5-,7-,8-,11-,15?/m1/s1. The van der Waals surface area contributed by atoms with Crippen molar-refractivity contribution in [1.29, 1.82) is 0 Å². The summed E-state index contributed by atoms with van der Waals surface area (Å²) in [5.74, 6) is 0.651. The van der Waals surface area contributed by atoms with E-state index in [4.69, 9.17) is 20.3 Å². The van der Waals surface area contributed by atoms with Gasteiger partial charge in [-0.1, -0.05) is 0 Å². The third-order valence-electron chi connectivity index (χ3n) is 4.49. The third kappa shape index (κ3) is 3.50. The smallest absolute Gasteiger partial charge is 0.387 e. The van der Waals surface area contributed by atoms with E-state index >= 15 is 0 Å². The molecule has 0 amide bonds. The average molecular weight is 441 g/mol. The van der Waals surface area contributed by atoms with Gasteiger partial charge in [-0.25, -0.2) is 19.1 Å². The molecule has 0 spiro atoms. The van der Waals surface area contributed by atoms with Crippen molar-refractivity contribution >= 4 is 33.0 Å². The first-order valence-corrected chi connectivity index (χ1v) is 10.9. The Hall–Kier alpha value is -1.38. The number of phosphoric acid groups is 2. The monoisotopic (exact) mass is 441 g/mol. The number of nitrogens with two attached hydrogens (primary N) is 1. The zero-order valence-electron chi connectivity index (χ0n) is 13.9. The molecule has 6 atom stereocenters. The molecule has 3 aliphatic heterocycles. The van der Waals surface area contributed by atoms with Crippen molar-refractivity contribution in [3.05, 3.63) is 6.33 Å². The number of nitrogens with zero attached hydrogens (tertiary/aromatic N) is 4. The normalized spacial score (nSPS) is 33.5. The minimum atomic E-state index is -5.28. The molecule has 1 unspecified atom stereocenters. The van der Waals surface area contributed by atoms with Crippen molar-refractivity contribution in [1.82, 2.24) is 9.97 Å². The maximum atomic E-state index is 11.5. The molecule has 4 heterocycles. The highest BCUT2D eigenvalue weighted by atomic mass is 31.3. The Bertz CT molecular complexity index is 883. The first kappa shape index (κ1) is 19.9. The molecule has 1 aromatic rings. The number of phosphoric ester groups is 1. The fourth-order valence-electron chi connectivity index (χ4n) is 3.31. The largest absolute Gasteiger partial charge is 0.481 e. The van der Waals surface area contributed by atoms with Gasteiger partial charge in [-0.3, -0.25) is 4.52 Å². The van der Waals surface area contributed by atoms with E-state index < -0.39 is 46.8 Å². The number of ether oxygens (including phenoxy) is 1. The predicted octanol–water partition coefficient (Wildman–Crippen LogP) is -2.30. The van der Waals surface area contributed by atoms with Crippen LogP contribution in [0.2, 0.25) is 0 Å². The van der Waals surface area contributed by atoms with Crippen LogP contribution in [0.3, 0.4) is 0 Å². The van der Waals surface area contributed by atoms with Crippen LogP contribution in [0.25, 0.3) is 0 Å². The van der Waals surface area contributed by atoms with Gasteiger partial charge in [0.05, 0.1) is 13.2 Å². The van der Waals surface area contributed by atoms with Crippen molar-refractivity contribution in [2.24, 2.45) is 0 Å². The minimum absolute atomic E-state index is 0.206. The SMILES string of the molecule is Nc1ncnc2c1N1C[C@H]1N2[C@@H]1O[C@H](COP(=O)(O)OP(=O)(O)O)[C@@H](O)[C@H]1O. The average Bonchev–Trinajstić information content (AvgIpc) is 3.19. The van der Waals surface area contributed by atoms with Crippen molar-refractivity contribution < 1.29 is 47.6 Å². The number of hydrogen-bond donors (Lipinski definition) is 6. The lowest BCUT2D eigenvalue weighted by atomic mass is 10.1. The second-order valence-corrected chi connectivity index (χ2v) is 9.18. The Labute approximate surface area is 157 Å². The van der Waals surface area contributed by atoms with Crippen molar-refractivity contribution in [3.8, 4) is 0 Å². The zero-order valence-corrected chi connectivity index (χ0v) is 15.7. The highest BCUT2D eigenvalue weighted by molar-refractivity contribution is 7.60. The molecule has 0 aromatic carbocycles. The van der Waals surface area contributed by atoms with Gasteiger partial charge in [0.1, 0.15) is 36.5 Å². The molecule has 1 aromatic heterocycles. The molecular weight excluding hydrogens is 424 g/mol. The summed E-state index contributed by atoms with van der Waals surface area (Å²) in [7, 11) is -10.4. The van der Waals surface area contributed by atoms with E-state index in [-0.39, 0.29) is 12.0 Å². The lowest BCUT2D eigenvalue weighted by Crippen LogP contribution is -2.45. The van der Waals surface area contributed by atoms with Gasteiger partial charge in [0, 0.05) is 0 Å². The molecule has 28 heavy (non-hydrogen) atoms. The fraction of sp³-hybridized carbons (Fsp3) is 0.636. The Morgan fingerprint density at radius 1 is 1.25 bits per heavy atom. The Morgan fingerprint density at radius 3 is 2.64 bits per heavy atom.